The zero-order chi connectivity index (χ0) is 14.1. The molecule has 22 heavy (non-hydrogen) atoms. The normalized spacial score (nSPS) is 19.5. The van der Waals surface area contributed by atoms with Crippen molar-refractivity contribution in [3.05, 3.63) is 29.7 Å². The number of nitrogens with one attached hydrogen (secondary N) is 1. The lowest BCUT2D eigenvalue weighted by Crippen LogP contribution is -2.35. The standard InChI is InChI=1S/C13H19N7.2ClH/c1-20(7-10-2-3-16-19-10)12-6-11(17-13(15)18-12)8-4-9(14)5-8;;/h2-3,6,8-9H,4-5,7,14H2,1H3,(H,16,19)(H2,15,17,18);2*1H. The molecule has 1 aliphatic carbocycles. The van der Waals surface area contributed by atoms with Crippen LogP contribution in [0.4, 0.5) is 11.8 Å². The Bertz CT molecular complexity index is 584. The lowest BCUT2D eigenvalue weighted by atomic mass is 9.78. The Hall–Kier alpha value is -1.57. The fourth-order valence-corrected chi connectivity index (χ4v) is 2.49. The largest absolute Gasteiger partial charge is 0.368 e. The Morgan fingerprint density at radius 3 is 2.64 bits per heavy atom. The molecule has 9 heteroatoms. The summed E-state index contributed by atoms with van der Waals surface area (Å²) in [5.41, 5.74) is 13.7. The number of hydrogen-bond donors (Lipinski definition) is 3. The Kier molecular flexibility index (Phi) is 6.40. The van der Waals surface area contributed by atoms with Gasteiger partial charge in [-0.15, -0.1) is 24.8 Å². The fraction of sp³-hybridized carbons (Fsp3) is 0.462. The smallest absolute Gasteiger partial charge is 0.222 e. The van der Waals surface area contributed by atoms with E-state index in [-0.39, 0.29) is 24.8 Å². The van der Waals surface area contributed by atoms with Gasteiger partial charge in [0.2, 0.25) is 5.95 Å². The number of aromatic nitrogens is 4. The third-order valence-corrected chi connectivity index (χ3v) is 3.70. The summed E-state index contributed by atoms with van der Waals surface area (Å²) in [7, 11) is 1.97. The maximum Gasteiger partial charge on any atom is 0.222 e. The molecule has 0 aliphatic heterocycles. The summed E-state index contributed by atoms with van der Waals surface area (Å²) in [6, 6.07) is 4.23. The van der Waals surface area contributed by atoms with Crippen LogP contribution in [0, 0.1) is 0 Å². The van der Waals surface area contributed by atoms with Gasteiger partial charge in [-0.05, 0) is 18.9 Å². The van der Waals surface area contributed by atoms with Gasteiger partial charge in [0.05, 0.1) is 17.9 Å². The van der Waals surface area contributed by atoms with Crippen molar-refractivity contribution in [1.29, 1.82) is 0 Å². The summed E-state index contributed by atoms with van der Waals surface area (Å²) >= 11 is 0. The molecule has 2 aromatic heterocycles. The van der Waals surface area contributed by atoms with Crippen LogP contribution in [0.3, 0.4) is 0 Å². The number of rotatable bonds is 4. The van der Waals surface area contributed by atoms with Crippen LogP contribution >= 0.6 is 24.8 Å². The van der Waals surface area contributed by atoms with Crippen molar-refractivity contribution in [2.24, 2.45) is 5.73 Å². The second-order valence-electron chi connectivity index (χ2n) is 5.38. The molecule has 1 saturated carbocycles. The van der Waals surface area contributed by atoms with E-state index in [1.807, 2.05) is 24.1 Å². The number of nitrogens with zero attached hydrogens (tertiary/aromatic N) is 4. The van der Waals surface area contributed by atoms with Crippen LogP contribution in [-0.4, -0.2) is 33.3 Å². The third kappa shape index (κ3) is 4.00. The van der Waals surface area contributed by atoms with Crippen molar-refractivity contribution < 1.29 is 0 Å². The fourth-order valence-electron chi connectivity index (χ4n) is 2.49. The molecule has 0 atom stereocenters. The number of halogens is 2. The summed E-state index contributed by atoms with van der Waals surface area (Å²) < 4.78 is 0. The van der Waals surface area contributed by atoms with Crippen LogP contribution < -0.4 is 16.4 Å². The van der Waals surface area contributed by atoms with Crippen molar-refractivity contribution >= 4 is 36.6 Å². The number of hydrogen-bond acceptors (Lipinski definition) is 6. The van der Waals surface area contributed by atoms with E-state index in [9.17, 15) is 0 Å². The maximum atomic E-state index is 5.84. The second kappa shape index (κ2) is 7.62. The molecular formula is C13H21Cl2N7. The molecule has 122 valence electrons. The number of H-pyrrole nitrogens is 1. The lowest BCUT2D eigenvalue weighted by Gasteiger charge is -2.32. The molecule has 0 bridgehead atoms. The summed E-state index contributed by atoms with van der Waals surface area (Å²) in [6.07, 6.45) is 3.68. The van der Waals surface area contributed by atoms with E-state index in [4.69, 9.17) is 11.5 Å². The minimum Gasteiger partial charge on any atom is -0.368 e. The highest BCUT2D eigenvalue weighted by atomic mass is 35.5. The molecule has 0 aromatic carbocycles. The molecular weight excluding hydrogens is 325 g/mol. The molecule has 0 amide bonds. The predicted molar refractivity (Wildman–Crippen MR) is 91.6 cm³/mol. The highest BCUT2D eigenvalue weighted by molar-refractivity contribution is 5.85. The zero-order valence-corrected chi connectivity index (χ0v) is 13.9. The number of aromatic amines is 1. The molecule has 0 spiro atoms. The Labute approximate surface area is 141 Å². The molecule has 0 saturated heterocycles. The van der Waals surface area contributed by atoms with Gasteiger partial charge >= 0.3 is 0 Å². The second-order valence-corrected chi connectivity index (χ2v) is 5.38. The first-order chi connectivity index (χ1) is 9.61. The van der Waals surface area contributed by atoms with Crippen molar-refractivity contribution in [3.8, 4) is 0 Å². The van der Waals surface area contributed by atoms with Crippen LogP contribution in [0.5, 0.6) is 0 Å². The molecule has 1 fully saturated rings. The van der Waals surface area contributed by atoms with Crippen molar-refractivity contribution in [3.63, 3.8) is 0 Å². The SMILES string of the molecule is CN(Cc1ccn[nH]1)c1cc(C2CC(N)C2)nc(N)n1.Cl.Cl. The Morgan fingerprint density at radius 2 is 2.05 bits per heavy atom. The Balaban J connectivity index is 0.00000121. The number of anilines is 2. The van der Waals surface area contributed by atoms with Gasteiger partial charge < -0.3 is 16.4 Å². The van der Waals surface area contributed by atoms with E-state index < -0.39 is 0 Å². The molecule has 2 aromatic rings. The first-order valence-corrected chi connectivity index (χ1v) is 6.71. The van der Waals surface area contributed by atoms with Gasteiger partial charge in [-0.25, -0.2) is 4.98 Å². The zero-order valence-electron chi connectivity index (χ0n) is 12.3. The van der Waals surface area contributed by atoms with Crippen molar-refractivity contribution in [1.82, 2.24) is 20.2 Å². The molecule has 1 aliphatic rings. The van der Waals surface area contributed by atoms with Crippen molar-refractivity contribution in [2.45, 2.75) is 31.3 Å². The predicted octanol–water partition coefficient (Wildman–Crippen LogP) is 1.47. The molecule has 3 rings (SSSR count). The summed E-state index contributed by atoms with van der Waals surface area (Å²) in [6.45, 7) is 0.695. The average molecular weight is 346 g/mol. The van der Waals surface area contributed by atoms with Crippen LogP contribution in [0.25, 0.3) is 0 Å². The number of nitrogen functional groups attached to an aromatic ring is 1. The minimum atomic E-state index is 0. The highest BCUT2D eigenvalue weighted by Crippen LogP contribution is 2.35. The molecule has 0 radical (unpaired) electrons. The van der Waals surface area contributed by atoms with Gasteiger partial charge in [0.1, 0.15) is 5.82 Å². The Morgan fingerprint density at radius 1 is 1.32 bits per heavy atom. The van der Waals surface area contributed by atoms with Crippen LogP contribution in [0.15, 0.2) is 18.3 Å². The van der Waals surface area contributed by atoms with E-state index in [0.29, 0.717) is 24.5 Å². The van der Waals surface area contributed by atoms with E-state index in [2.05, 4.69) is 20.2 Å². The summed E-state index contributed by atoms with van der Waals surface area (Å²) in [5.74, 6) is 1.55. The first-order valence-electron chi connectivity index (χ1n) is 6.71. The van der Waals surface area contributed by atoms with Gasteiger partial charge in [-0.3, -0.25) is 5.10 Å². The molecule has 2 heterocycles. The van der Waals surface area contributed by atoms with Gasteiger partial charge in [0, 0.05) is 31.3 Å². The van der Waals surface area contributed by atoms with Crippen molar-refractivity contribution in [2.75, 3.05) is 17.7 Å². The summed E-state index contributed by atoms with van der Waals surface area (Å²) in [4.78, 5) is 10.7. The highest BCUT2D eigenvalue weighted by Gasteiger charge is 2.29. The molecule has 7 nitrogen and oxygen atoms in total. The van der Waals surface area contributed by atoms with Gasteiger partial charge in [-0.2, -0.15) is 10.1 Å². The van der Waals surface area contributed by atoms with Crippen LogP contribution in [-0.2, 0) is 6.54 Å². The molecule has 5 N–H and O–H groups in total. The van der Waals surface area contributed by atoms with Crippen LogP contribution in [0.1, 0.15) is 30.1 Å². The van der Waals surface area contributed by atoms with Crippen LogP contribution in [0.2, 0.25) is 0 Å². The van der Waals surface area contributed by atoms with Gasteiger partial charge in [0.25, 0.3) is 0 Å². The lowest BCUT2D eigenvalue weighted by molar-refractivity contribution is 0.345. The van der Waals surface area contributed by atoms with E-state index in [1.54, 1.807) is 6.20 Å². The topological polar surface area (TPSA) is 110 Å². The molecule has 0 unspecified atom stereocenters. The maximum absolute atomic E-state index is 5.84. The first kappa shape index (κ1) is 18.5. The third-order valence-electron chi connectivity index (χ3n) is 3.70. The van der Waals surface area contributed by atoms with E-state index >= 15 is 0 Å². The number of nitrogens with two attached hydrogens (primary N) is 2. The van der Waals surface area contributed by atoms with E-state index in [0.717, 1.165) is 30.0 Å². The monoisotopic (exact) mass is 345 g/mol. The van der Waals surface area contributed by atoms with E-state index in [1.165, 1.54) is 0 Å². The van der Waals surface area contributed by atoms with Gasteiger partial charge in [-0.1, -0.05) is 0 Å². The minimum absolute atomic E-state index is 0. The van der Waals surface area contributed by atoms with Gasteiger partial charge in [0.15, 0.2) is 0 Å². The average Bonchev–Trinajstić information content (AvgIpc) is 2.87. The quantitative estimate of drug-likeness (QED) is 0.773. The summed E-state index contributed by atoms with van der Waals surface area (Å²) in [5, 5.41) is 6.88.